The van der Waals surface area contributed by atoms with Crippen molar-refractivity contribution in [3.8, 4) is 17.2 Å². The lowest BCUT2D eigenvalue weighted by Crippen LogP contribution is -2.45. The van der Waals surface area contributed by atoms with E-state index in [0.717, 1.165) is 51.3 Å². The average molecular weight is 653 g/mol. The fraction of sp³-hybridized carbons (Fsp3) is 0.774. The van der Waals surface area contributed by atoms with Crippen LogP contribution in [0.5, 0.6) is 17.2 Å². The van der Waals surface area contributed by atoms with Crippen molar-refractivity contribution in [2.45, 2.75) is 65.5 Å². The molecule has 250 valence electrons. The Kier molecular flexibility index (Phi) is 18.8. The number of carbonyl (C=O) groups is 1. The van der Waals surface area contributed by atoms with Gasteiger partial charge in [0.2, 0.25) is 18.4 Å². The highest BCUT2D eigenvalue weighted by Crippen LogP contribution is 2.43. The first-order valence-corrected chi connectivity index (χ1v) is 15.2. The highest BCUT2D eigenvalue weighted by atomic mass is 35.5. The normalized spacial score (nSPS) is 17.5. The van der Waals surface area contributed by atoms with E-state index in [1.165, 1.54) is 0 Å². The first-order chi connectivity index (χ1) is 19.7. The highest BCUT2D eigenvalue weighted by molar-refractivity contribution is 5.85. The van der Waals surface area contributed by atoms with Gasteiger partial charge in [-0.1, -0.05) is 27.7 Å². The van der Waals surface area contributed by atoms with E-state index in [1.54, 1.807) is 7.11 Å². The van der Waals surface area contributed by atoms with Gasteiger partial charge in [-0.2, -0.15) is 0 Å². The third-order valence-corrected chi connectivity index (χ3v) is 8.23. The Labute approximate surface area is 270 Å². The molecular formula is C31H55Cl2N3O7. The minimum Gasteiger partial charge on any atom is -0.489 e. The predicted octanol–water partition coefficient (Wildman–Crippen LogP) is 3.68. The number of ether oxygens (including phenoxy) is 5. The summed E-state index contributed by atoms with van der Waals surface area (Å²) in [5.41, 5.74) is 7.67. The molecule has 0 aromatic heterocycles. The number of hydrogen-bond acceptors (Lipinski definition) is 9. The molecule has 2 heterocycles. The van der Waals surface area contributed by atoms with E-state index >= 15 is 0 Å². The molecule has 4 N–H and O–H groups in total. The summed E-state index contributed by atoms with van der Waals surface area (Å²) in [6.45, 7) is 14.4. The number of carbonyl (C=O) groups excluding carboxylic acids is 1. The number of morpholine rings is 1. The van der Waals surface area contributed by atoms with Gasteiger partial charge in [0, 0.05) is 58.3 Å². The van der Waals surface area contributed by atoms with E-state index in [9.17, 15) is 9.90 Å². The number of amides is 1. The molecule has 0 bridgehead atoms. The summed E-state index contributed by atoms with van der Waals surface area (Å²) in [4.78, 5) is 15.3. The van der Waals surface area contributed by atoms with Crippen molar-refractivity contribution in [3.63, 3.8) is 0 Å². The van der Waals surface area contributed by atoms with Gasteiger partial charge in [-0.3, -0.25) is 9.69 Å². The minimum atomic E-state index is -0.773. The Balaban J connectivity index is 0.00000462. The second kappa shape index (κ2) is 20.5. The molecule has 2 aliphatic rings. The molecule has 0 radical (unpaired) electrons. The maximum atomic E-state index is 13.0. The largest absolute Gasteiger partial charge is 0.489 e. The van der Waals surface area contributed by atoms with Crippen molar-refractivity contribution in [1.82, 2.24) is 10.2 Å². The number of halogens is 2. The summed E-state index contributed by atoms with van der Waals surface area (Å²) >= 11 is 0. The quantitative estimate of drug-likeness (QED) is 0.204. The Morgan fingerprint density at radius 1 is 1.07 bits per heavy atom. The number of hydrogen-bond donors (Lipinski definition) is 3. The van der Waals surface area contributed by atoms with Crippen LogP contribution < -0.4 is 25.3 Å². The molecule has 4 atom stereocenters. The number of rotatable bonds is 18. The predicted molar refractivity (Wildman–Crippen MR) is 173 cm³/mol. The van der Waals surface area contributed by atoms with E-state index in [1.807, 2.05) is 26.0 Å². The van der Waals surface area contributed by atoms with Crippen LogP contribution in [0.4, 0.5) is 0 Å². The molecule has 10 nitrogen and oxygen atoms in total. The van der Waals surface area contributed by atoms with E-state index in [0.29, 0.717) is 55.8 Å². The molecule has 0 saturated carbocycles. The highest BCUT2D eigenvalue weighted by Gasteiger charge is 2.30. The first kappa shape index (κ1) is 39.5. The van der Waals surface area contributed by atoms with E-state index in [4.69, 9.17) is 29.4 Å². The fourth-order valence-corrected chi connectivity index (χ4v) is 5.45. The van der Waals surface area contributed by atoms with Gasteiger partial charge >= 0.3 is 0 Å². The lowest BCUT2D eigenvalue weighted by Gasteiger charge is -2.30. The number of fused-ring (bicyclic) bond motifs is 1. The van der Waals surface area contributed by atoms with Crippen LogP contribution in [0.3, 0.4) is 0 Å². The molecule has 12 heteroatoms. The zero-order chi connectivity index (χ0) is 29.8. The van der Waals surface area contributed by atoms with Crippen molar-refractivity contribution in [3.05, 3.63) is 17.7 Å². The Hall–Kier alpha value is -1.53. The van der Waals surface area contributed by atoms with E-state index in [2.05, 4.69) is 24.1 Å². The number of benzene rings is 1. The maximum absolute atomic E-state index is 13.0. The number of aliphatic hydroxyl groups is 1. The zero-order valence-electron chi connectivity index (χ0n) is 26.5. The molecule has 1 aromatic rings. The molecule has 1 saturated heterocycles. The van der Waals surface area contributed by atoms with Gasteiger partial charge in [-0.25, -0.2) is 0 Å². The van der Waals surface area contributed by atoms with Gasteiger partial charge in [-0.05, 0) is 54.7 Å². The molecule has 3 rings (SSSR count). The second-order valence-electron chi connectivity index (χ2n) is 12.0. The van der Waals surface area contributed by atoms with Crippen molar-refractivity contribution < 1.29 is 33.6 Å². The van der Waals surface area contributed by atoms with E-state index < -0.39 is 12.1 Å². The Morgan fingerprint density at radius 3 is 2.44 bits per heavy atom. The second-order valence-corrected chi connectivity index (χ2v) is 12.0. The molecule has 2 aliphatic heterocycles. The number of nitrogens with zero attached hydrogens (tertiary/aromatic N) is 1. The van der Waals surface area contributed by atoms with Crippen molar-refractivity contribution in [1.29, 1.82) is 0 Å². The summed E-state index contributed by atoms with van der Waals surface area (Å²) in [5, 5.41) is 14.2. The lowest BCUT2D eigenvalue weighted by molar-refractivity contribution is -0.127. The van der Waals surface area contributed by atoms with Gasteiger partial charge in [-0.15, -0.1) is 24.8 Å². The Morgan fingerprint density at radius 2 is 1.79 bits per heavy atom. The molecule has 0 aliphatic carbocycles. The third-order valence-electron chi connectivity index (χ3n) is 8.23. The van der Waals surface area contributed by atoms with Gasteiger partial charge in [0.25, 0.3) is 0 Å². The van der Waals surface area contributed by atoms with Crippen LogP contribution >= 0.6 is 24.8 Å². The van der Waals surface area contributed by atoms with Crippen molar-refractivity contribution in [2.24, 2.45) is 29.4 Å². The number of nitrogens with one attached hydrogen (secondary N) is 1. The lowest BCUT2D eigenvalue weighted by atomic mass is 9.80. The number of aliphatic hydroxyl groups excluding tert-OH is 1. The van der Waals surface area contributed by atoms with Crippen LogP contribution in [0.1, 0.15) is 52.5 Å². The summed E-state index contributed by atoms with van der Waals surface area (Å²) in [7, 11) is 1.68. The van der Waals surface area contributed by atoms with Crippen LogP contribution in [0.2, 0.25) is 0 Å². The summed E-state index contributed by atoms with van der Waals surface area (Å²) in [6, 6.07) is 3.59. The van der Waals surface area contributed by atoms with Gasteiger partial charge in [0.1, 0.15) is 0 Å². The summed E-state index contributed by atoms with van der Waals surface area (Å²) in [6.07, 6.45) is 1.75. The smallest absolute Gasteiger partial charge is 0.231 e. The van der Waals surface area contributed by atoms with Crippen LogP contribution in [0.15, 0.2) is 12.1 Å². The van der Waals surface area contributed by atoms with Crippen molar-refractivity contribution >= 4 is 30.7 Å². The molecule has 1 aromatic carbocycles. The average Bonchev–Trinajstić information content (AvgIpc) is 3.42. The van der Waals surface area contributed by atoms with Crippen molar-refractivity contribution in [2.75, 3.05) is 66.5 Å². The van der Waals surface area contributed by atoms with Gasteiger partial charge in [0.05, 0.1) is 25.9 Å². The molecule has 0 spiro atoms. The summed E-state index contributed by atoms with van der Waals surface area (Å²) in [5.74, 6) is 2.35. The van der Waals surface area contributed by atoms with Crippen LogP contribution in [0.25, 0.3) is 0 Å². The standard InChI is InChI=1S/C31H53N3O7.2ClH/c1-21(2)24(15-23-16-28(39-12-6-11-37-5)30-29(17-23)40-20-41-30)18-26(32)27(35)19-25(22(3)4)31(36)33-7-8-34-9-13-38-14-10-34;;/h16-17,21-22,24-27,35H,6-15,18-20,32H2,1-5H3,(H,33,36);2*1H/t24-,25-,26-,27-;;/m0../s1. The van der Waals surface area contributed by atoms with Crippen LogP contribution in [0, 0.1) is 23.7 Å². The zero-order valence-corrected chi connectivity index (χ0v) is 28.2. The van der Waals surface area contributed by atoms with E-state index in [-0.39, 0.29) is 55.3 Å². The SMILES string of the molecule is COCCCOc1cc(C[C@@H](C[C@H](N)[C@@H](O)C[C@H](C(=O)NCCN2CCOCC2)C(C)C)C(C)C)cc2c1OCO2.Cl.Cl. The first-order valence-electron chi connectivity index (χ1n) is 15.2. The van der Waals surface area contributed by atoms with Crippen LogP contribution in [-0.4, -0.2) is 94.6 Å². The molecular weight excluding hydrogens is 597 g/mol. The minimum absolute atomic E-state index is 0. The fourth-order valence-electron chi connectivity index (χ4n) is 5.45. The topological polar surface area (TPSA) is 125 Å². The van der Waals surface area contributed by atoms with Crippen LogP contribution in [-0.2, 0) is 20.7 Å². The third kappa shape index (κ3) is 12.8. The molecule has 0 unspecified atom stereocenters. The number of methoxy groups -OCH3 is 1. The maximum Gasteiger partial charge on any atom is 0.231 e. The molecule has 1 amide bonds. The summed E-state index contributed by atoms with van der Waals surface area (Å²) < 4.78 is 27.9. The number of nitrogens with two attached hydrogens (primary N) is 1. The van der Waals surface area contributed by atoms with Gasteiger partial charge < -0.3 is 39.8 Å². The van der Waals surface area contributed by atoms with Gasteiger partial charge in [0.15, 0.2) is 11.5 Å². The molecule has 1 fully saturated rings. The Bertz CT molecular complexity index is 935. The molecule has 43 heavy (non-hydrogen) atoms. The monoisotopic (exact) mass is 651 g/mol.